The van der Waals surface area contributed by atoms with Gasteiger partial charge >= 0.3 is 0 Å². The molecule has 0 saturated carbocycles. The van der Waals surface area contributed by atoms with Crippen molar-refractivity contribution in [1.82, 2.24) is 9.36 Å². The highest BCUT2D eigenvalue weighted by Gasteiger charge is 2.23. The normalized spacial score (nSPS) is 11.7. The topological polar surface area (TPSA) is 131 Å². The second-order valence-corrected chi connectivity index (χ2v) is 10.4. The summed E-state index contributed by atoms with van der Waals surface area (Å²) in [4.78, 5) is 16.4. The van der Waals surface area contributed by atoms with E-state index in [9.17, 15) is 18.5 Å². The minimum absolute atomic E-state index is 0.0000457. The van der Waals surface area contributed by atoms with E-state index in [-0.39, 0.29) is 27.5 Å². The second-order valence-electron chi connectivity index (χ2n) is 7.76. The summed E-state index contributed by atoms with van der Waals surface area (Å²) in [6, 6.07) is 18.1. The van der Waals surface area contributed by atoms with Crippen molar-refractivity contribution < 1.29 is 22.7 Å². The number of amides is 1. The van der Waals surface area contributed by atoms with Gasteiger partial charge in [-0.25, -0.2) is 8.42 Å². The lowest BCUT2D eigenvalue weighted by molar-refractivity contribution is -0.112. The molecule has 0 aliphatic carbocycles. The number of carbonyl (C=O) groups excluding carboxylic acids is 1. The molecule has 0 radical (unpaired) electrons. The number of ether oxygens (including phenoxy) is 2. The summed E-state index contributed by atoms with van der Waals surface area (Å²) in [5, 5.41) is 11.5. The molecule has 0 aliphatic rings. The van der Waals surface area contributed by atoms with Gasteiger partial charge in [0.15, 0.2) is 0 Å². The number of benzene rings is 2. The second kappa shape index (κ2) is 12.1. The fourth-order valence-electron chi connectivity index (χ4n) is 2.88. The number of hydrogen-bond donors (Lipinski definition) is 1. The summed E-state index contributed by atoms with van der Waals surface area (Å²) in [6.45, 7) is 4.29. The summed E-state index contributed by atoms with van der Waals surface area (Å²) in [5.41, 5.74) is 0.443. The quantitative estimate of drug-likeness (QED) is 0.232. The third-order valence-electron chi connectivity index (χ3n) is 4.38. The van der Waals surface area contributed by atoms with Gasteiger partial charge < -0.3 is 9.47 Å². The van der Waals surface area contributed by atoms with Gasteiger partial charge in [0.05, 0.1) is 5.75 Å². The molecule has 11 heteroatoms. The van der Waals surface area contributed by atoms with Crippen molar-refractivity contribution in [3.63, 3.8) is 0 Å². The zero-order chi connectivity index (χ0) is 25.3. The van der Waals surface area contributed by atoms with Crippen molar-refractivity contribution in [2.45, 2.75) is 19.0 Å². The van der Waals surface area contributed by atoms with Crippen molar-refractivity contribution in [3.8, 4) is 17.6 Å². The highest BCUT2D eigenvalue weighted by atomic mass is 32.2. The molecule has 182 valence electrons. The Bertz CT molecular complexity index is 1310. The molecule has 3 aromatic rings. The lowest BCUT2D eigenvalue weighted by Crippen LogP contribution is -2.15. The maximum Gasteiger partial charge on any atom is 0.268 e. The lowest BCUT2D eigenvalue weighted by atomic mass is 10.1. The van der Waals surface area contributed by atoms with Gasteiger partial charge in [-0.3, -0.25) is 10.1 Å². The summed E-state index contributed by atoms with van der Waals surface area (Å²) in [5.74, 6) is 0.482. The number of rotatable bonds is 11. The van der Waals surface area contributed by atoms with Crippen LogP contribution >= 0.6 is 11.5 Å². The highest BCUT2D eigenvalue weighted by molar-refractivity contribution is 7.91. The van der Waals surface area contributed by atoms with Gasteiger partial charge in [0.25, 0.3) is 11.1 Å². The Labute approximate surface area is 208 Å². The van der Waals surface area contributed by atoms with Gasteiger partial charge in [0.2, 0.25) is 15.0 Å². The van der Waals surface area contributed by atoms with Crippen LogP contribution in [0.4, 0.5) is 5.13 Å². The Morgan fingerprint density at radius 1 is 1.09 bits per heavy atom. The molecule has 0 fully saturated rings. The number of carbonyl (C=O) groups is 1. The van der Waals surface area contributed by atoms with E-state index < -0.39 is 15.7 Å². The van der Waals surface area contributed by atoms with Gasteiger partial charge in [-0.05, 0) is 41.8 Å². The molecule has 9 nitrogen and oxygen atoms in total. The molecule has 0 spiro atoms. The van der Waals surface area contributed by atoms with Crippen LogP contribution in [0.5, 0.6) is 11.5 Å². The SMILES string of the molecule is CC(C)CS(=O)(=O)c1nsc(NC(=O)C(C#N)=Cc2ccc(OCCOc3ccccc3)cc2)n1. The number of hydrogen-bond acceptors (Lipinski definition) is 9. The zero-order valence-corrected chi connectivity index (χ0v) is 20.8. The van der Waals surface area contributed by atoms with Crippen molar-refractivity contribution >= 4 is 38.5 Å². The molecular formula is C24H24N4O5S2. The van der Waals surface area contributed by atoms with Crippen LogP contribution in [0.15, 0.2) is 65.3 Å². The Morgan fingerprint density at radius 2 is 1.71 bits per heavy atom. The summed E-state index contributed by atoms with van der Waals surface area (Å²) in [7, 11) is -3.64. The van der Waals surface area contributed by atoms with E-state index in [4.69, 9.17) is 9.47 Å². The van der Waals surface area contributed by atoms with Crippen molar-refractivity contribution in [2.75, 3.05) is 24.3 Å². The maximum absolute atomic E-state index is 12.5. The van der Waals surface area contributed by atoms with E-state index in [1.165, 1.54) is 6.08 Å². The van der Waals surface area contributed by atoms with Crippen LogP contribution in [-0.4, -0.2) is 42.6 Å². The molecule has 0 saturated heterocycles. The van der Waals surface area contributed by atoms with Gasteiger partial charge in [-0.2, -0.15) is 14.6 Å². The predicted octanol–water partition coefficient (Wildman–Crippen LogP) is 3.97. The first-order chi connectivity index (χ1) is 16.8. The minimum Gasteiger partial charge on any atom is -0.490 e. The average Bonchev–Trinajstić information content (AvgIpc) is 3.30. The molecule has 0 bridgehead atoms. The van der Waals surface area contributed by atoms with Gasteiger partial charge in [-0.1, -0.05) is 44.2 Å². The van der Waals surface area contributed by atoms with Crippen LogP contribution in [0.1, 0.15) is 19.4 Å². The molecular weight excluding hydrogens is 488 g/mol. The number of nitrogens with one attached hydrogen (secondary N) is 1. The molecule has 3 rings (SSSR count). The van der Waals surface area contributed by atoms with E-state index in [0.29, 0.717) is 24.5 Å². The Balaban J connectivity index is 1.56. The van der Waals surface area contributed by atoms with Crippen LogP contribution in [0, 0.1) is 17.2 Å². The molecule has 2 aromatic carbocycles. The van der Waals surface area contributed by atoms with E-state index >= 15 is 0 Å². The highest BCUT2D eigenvalue weighted by Crippen LogP contribution is 2.19. The number of nitriles is 1. The third-order valence-corrected chi connectivity index (χ3v) is 6.97. The van der Waals surface area contributed by atoms with E-state index in [0.717, 1.165) is 17.3 Å². The van der Waals surface area contributed by atoms with Crippen molar-refractivity contribution in [2.24, 2.45) is 5.92 Å². The summed E-state index contributed by atoms with van der Waals surface area (Å²) in [6.07, 6.45) is 1.41. The third kappa shape index (κ3) is 7.91. The van der Waals surface area contributed by atoms with E-state index in [1.54, 1.807) is 38.1 Å². The smallest absolute Gasteiger partial charge is 0.268 e. The van der Waals surface area contributed by atoms with Crippen molar-refractivity contribution in [3.05, 3.63) is 65.7 Å². The summed E-state index contributed by atoms with van der Waals surface area (Å²) >= 11 is 0.740. The van der Waals surface area contributed by atoms with Crippen LogP contribution in [-0.2, 0) is 14.6 Å². The monoisotopic (exact) mass is 512 g/mol. The van der Waals surface area contributed by atoms with Gasteiger partial charge in [-0.15, -0.1) is 0 Å². The molecule has 0 atom stereocenters. The minimum atomic E-state index is -3.64. The number of sulfone groups is 1. The van der Waals surface area contributed by atoms with Crippen LogP contribution in [0.3, 0.4) is 0 Å². The number of anilines is 1. The summed E-state index contributed by atoms with van der Waals surface area (Å²) < 4.78 is 39.5. The Hall–Kier alpha value is -3.75. The van der Waals surface area contributed by atoms with Crippen molar-refractivity contribution in [1.29, 1.82) is 5.26 Å². The molecule has 1 N–H and O–H groups in total. The molecule has 1 aromatic heterocycles. The average molecular weight is 513 g/mol. The number of para-hydroxylation sites is 1. The van der Waals surface area contributed by atoms with Crippen LogP contribution in [0.25, 0.3) is 6.08 Å². The van der Waals surface area contributed by atoms with E-state index in [2.05, 4.69) is 14.7 Å². The largest absolute Gasteiger partial charge is 0.490 e. The van der Waals surface area contributed by atoms with Crippen LogP contribution in [0.2, 0.25) is 0 Å². The lowest BCUT2D eigenvalue weighted by Gasteiger charge is -2.08. The standard InChI is InChI=1S/C24H24N4O5S2/c1-17(2)16-35(30,31)24-27-23(34-28-24)26-22(29)19(15-25)14-18-8-10-21(11-9-18)33-13-12-32-20-6-4-3-5-7-20/h3-11,14,17H,12-13,16H2,1-2H3,(H,26,27,28,29). The maximum atomic E-state index is 12.5. The molecule has 35 heavy (non-hydrogen) atoms. The molecule has 1 amide bonds. The zero-order valence-electron chi connectivity index (χ0n) is 19.2. The number of aromatic nitrogens is 2. The van der Waals surface area contributed by atoms with Crippen LogP contribution < -0.4 is 14.8 Å². The molecule has 0 unspecified atom stereocenters. The first-order valence-corrected chi connectivity index (χ1v) is 13.1. The fourth-order valence-corrected chi connectivity index (χ4v) is 5.23. The Kier molecular flexibility index (Phi) is 8.94. The first-order valence-electron chi connectivity index (χ1n) is 10.7. The molecule has 0 aliphatic heterocycles. The molecule has 1 heterocycles. The van der Waals surface area contributed by atoms with E-state index in [1.807, 2.05) is 36.4 Å². The number of nitrogens with zero attached hydrogens (tertiary/aromatic N) is 3. The van der Waals surface area contributed by atoms with Gasteiger partial charge in [0, 0.05) is 11.5 Å². The Morgan fingerprint density at radius 3 is 2.31 bits per heavy atom. The first kappa shape index (κ1) is 25.9. The van der Waals surface area contributed by atoms with Gasteiger partial charge in [0.1, 0.15) is 36.4 Å². The predicted molar refractivity (Wildman–Crippen MR) is 133 cm³/mol. The fraction of sp³-hybridized carbons (Fsp3) is 0.250.